The molecule has 0 saturated heterocycles. The molecule has 7 heteroatoms. The fourth-order valence-electron chi connectivity index (χ4n) is 3.46. The van der Waals surface area contributed by atoms with Crippen molar-refractivity contribution in [1.82, 2.24) is 4.98 Å². The molecule has 2 aromatic carbocycles. The molecule has 1 aromatic heterocycles. The highest BCUT2D eigenvalue weighted by Gasteiger charge is 2.12. The van der Waals surface area contributed by atoms with Crippen LogP contribution in [0.4, 0.5) is 5.82 Å². The van der Waals surface area contributed by atoms with Gasteiger partial charge in [-0.15, -0.1) is 11.8 Å². The van der Waals surface area contributed by atoms with Crippen LogP contribution in [0, 0.1) is 6.92 Å². The minimum absolute atomic E-state index is 0.371. The van der Waals surface area contributed by atoms with Crippen molar-refractivity contribution in [3.8, 4) is 22.6 Å². The van der Waals surface area contributed by atoms with Gasteiger partial charge in [0.2, 0.25) is 0 Å². The first-order valence-electron chi connectivity index (χ1n) is 10.9. The Morgan fingerprint density at radius 2 is 1.88 bits per heavy atom. The van der Waals surface area contributed by atoms with E-state index in [1.807, 2.05) is 37.4 Å². The van der Waals surface area contributed by atoms with E-state index in [0.717, 1.165) is 47.1 Å². The fraction of sp³-hybridized carbons (Fsp3) is 0.308. The molecular weight excluding hydrogens is 436 g/mol. The summed E-state index contributed by atoms with van der Waals surface area (Å²) in [5, 5.41) is 8.83. The predicted molar refractivity (Wildman–Crippen MR) is 134 cm³/mol. The summed E-state index contributed by atoms with van der Waals surface area (Å²) in [5.74, 6) is 2.12. The van der Waals surface area contributed by atoms with Gasteiger partial charge in [-0.2, -0.15) is 0 Å². The van der Waals surface area contributed by atoms with E-state index in [2.05, 4.69) is 41.1 Å². The van der Waals surface area contributed by atoms with E-state index in [9.17, 15) is 4.79 Å². The van der Waals surface area contributed by atoms with Crippen LogP contribution in [-0.4, -0.2) is 48.6 Å². The maximum absolute atomic E-state index is 10.8. The van der Waals surface area contributed by atoms with Crippen molar-refractivity contribution in [3.05, 3.63) is 66.4 Å². The quantitative estimate of drug-likeness (QED) is 0.278. The first-order chi connectivity index (χ1) is 16.0. The molecule has 0 aliphatic rings. The lowest BCUT2D eigenvalue weighted by Crippen LogP contribution is -2.25. The molecule has 6 nitrogen and oxygen atoms in total. The average Bonchev–Trinajstić information content (AvgIpc) is 2.84. The molecule has 0 aliphatic carbocycles. The molecule has 0 radical (unpaired) electrons. The first-order valence-corrected chi connectivity index (χ1v) is 11.9. The zero-order valence-electron chi connectivity index (χ0n) is 19.3. The molecular formula is C26H30N2O4S. The van der Waals surface area contributed by atoms with Crippen LogP contribution in [-0.2, 0) is 4.79 Å². The molecule has 1 N–H and O–H groups in total. The number of aliphatic carboxylic acids is 1. The Labute approximate surface area is 199 Å². The molecule has 33 heavy (non-hydrogen) atoms. The van der Waals surface area contributed by atoms with E-state index in [1.54, 1.807) is 24.9 Å². The lowest BCUT2D eigenvalue weighted by molar-refractivity contribution is -0.139. The highest BCUT2D eigenvalue weighted by Crippen LogP contribution is 2.35. The number of ether oxygens (including phenoxy) is 2. The Kier molecular flexibility index (Phi) is 9.01. The number of carboxylic acid groups (broad SMARTS) is 1. The number of hydrogen-bond donors (Lipinski definition) is 1. The molecule has 0 fully saturated rings. The number of carbonyl (C=O) groups is 1. The number of hydrogen-bond acceptors (Lipinski definition) is 6. The predicted octanol–water partition coefficient (Wildman–Crippen LogP) is 5.54. The Balaban J connectivity index is 1.56. The number of aromatic nitrogens is 1. The highest BCUT2D eigenvalue weighted by molar-refractivity contribution is 7.99. The molecule has 0 spiro atoms. The summed E-state index contributed by atoms with van der Waals surface area (Å²) < 4.78 is 10.8. The number of aryl methyl sites for hydroxylation is 1. The molecule has 0 bridgehead atoms. The average molecular weight is 467 g/mol. The third-order valence-corrected chi connectivity index (χ3v) is 6.33. The van der Waals surface area contributed by atoms with Crippen molar-refractivity contribution < 1.29 is 19.4 Å². The van der Waals surface area contributed by atoms with E-state index < -0.39 is 5.97 Å². The number of pyridine rings is 1. The molecule has 174 valence electrons. The Morgan fingerprint density at radius 3 is 2.52 bits per heavy atom. The molecule has 0 saturated carbocycles. The maximum atomic E-state index is 10.8. The Hall–Kier alpha value is -3.19. The van der Waals surface area contributed by atoms with Gasteiger partial charge in [-0.3, -0.25) is 0 Å². The summed E-state index contributed by atoms with van der Waals surface area (Å²) in [6, 6.07) is 18.2. The third-order valence-electron chi connectivity index (χ3n) is 5.20. The van der Waals surface area contributed by atoms with Gasteiger partial charge >= 0.3 is 5.97 Å². The lowest BCUT2D eigenvalue weighted by atomic mass is 10.1. The van der Waals surface area contributed by atoms with Crippen molar-refractivity contribution in [2.45, 2.75) is 25.2 Å². The summed E-state index contributed by atoms with van der Waals surface area (Å²) in [7, 11) is 1.61. The van der Waals surface area contributed by atoms with Crippen molar-refractivity contribution in [1.29, 1.82) is 0 Å². The first kappa shape index (κ1) is 24.5. The van der Waals surface area contributed by atoms with E-state index in [4.69, 9.17) is 14.6 Å². The SMILES string of the molecule is CCN(CCCSc1cc(C)c(OCC(=O)O)cc1OC)c1ccc(-c2ccccc2)cn1. The zero-order chi connectivity index (χ0) is 23.6. The van der Waals surface area contributed by atoms with Crippen LogP contribution in [0.5, 0.6) is 11.5 Å². The normalized spacial score (nSPS) is 10.6. The molecule has 3 rings (SSSR count). The minimum Gasteiger partial charge on any atom is -0.495 e. The Bertz CT molecular complexity index is 1040. The summed E-state index contributed by atoms with van der Waals surface area (Å²) in [4.78, 5) is 18.8. The molecule has 0 unspecified atom stereocenters. The molecule has 1 heterocycles. The summed E-state index contributed by atoms with van der Waals surface area (Å²) in [6.07, 6.45) is 2.92. The number of anilines is 1. The number of nitrogens with zero attached hydrogens (tertiary/aromatic N) is 2. The Morgan fingerprint density at radius 1 is 1.09 bits per heavy atom. The van der Waals surface area contributed by atoms with Crippen molar-refractivity contribution in [2.75, 3.05) is 37.5 Å². The number of thioether (sulfide) groups is 1. The van der Waals surface area contributed by atoms with Gasteiger partial charge in [0.05, 0.1) is 7.11 Å². The standard InChI is InChI=1S/C26H30N2O4S/c1-4-28(25-12-11-21(17-27-25)20-9-6-5-7-10-20)13-8-14-33-24-15-19(2)22(16-23(24)31-3)32-18-26(29)30/h5-7,9-12,15-17H,4,8,13-14,18H2,1-3H3,(H,29,30). The van der Waals surface area contributed by atoms with Crippen LogP contribution >= 0.6 is 11.8 Å². The van der Waals surface area contributed by atoms with Crippen LogP contribution in [0.15, 0.2) is 65.7 Å². The number of methoxy groups -OCH3 is 1. The zero-order valence-corrected chi connectivity index (χ0v) is 20.1. The molecule has 0 amide bonds. The molecule has 0 aliphatic heterocycles. The van der Waals surface area contributed by atoms with Crippen LogP contribution < -0.4 is 14.4 Å². The van der Waals surface area contributed by atoms with Gasteiger partial charge in [0.15, 0.2) is 6.61 Å². The summed E-state index contributed by atoms with van der Waals surface area (Å²) in [5.41, 5.74) is 3.17. The van der Waals surface area contributed by atoms with Crippen molar-refractivity contribution in [3.63, 3.8) is 0 Å². The largest absolute Gasteiger partial charge is 0.495 e. The highest BCUT2D eigenvalue weighted by atomic mass is 32.2. The van der Waals surface area contributed by atoms with Gasteiger partial charge in [0, 0.05) is 35.8 Å². The summed E-state index contributed by atoms with van der Waals surface area (Å²) in [6.45, 7) is 5.47. The monoisotopic (exact) mass is 466 g/mol. The van der Waals surface area contributed by atoms with Gasteiger partial charge in [-0.25, -0.2) is 9.78 Å². The van der Waals surface area contributed by atoms with Crippen LogP contribution in [0.25, 0.3) is 11.1 Å². The second kappa shape index (κ2) is 12.2. The van der Waals surface area contributed by atoms with Crippen LogP contribution in [0.2, 0.25) is 0 Å². The van der Waals surface area contributed by atoms with Gasteiger partial charge < -0.3 is 19.5 Å². The van der Waals surface area contributed by atoms with Crippen molar-refractivity contribution in [2.24, 2.45) is 0 Å². The van der Waals surface area contributed by atoms with Gasteiger partial charge in [-0.1, -0.05) is 30.3 Å². The number of benzene rings is 2. The minimum atomic E-state index is -1.00. The van der Waals surface area contributed by atoms with E-state index in [1.165, 1.54) is 5.56 Å². The second-order valence-electron chi connectivity index (χ2n) is 7.50. The van der Waals surface area contributed by atoms with Crippen molar-refractivity contribution >= 4 is 23.5 Å². The lowest BCUT2D eigenvalue weighted by Gasteiger charge is -2.22. The number of carboxylic acids is 1. The van der Waals surface area contributed by atoms with Gasteiger partial charge in [0.25, 0.3) is 0 Å². The fourth-order valence-corrected chi connectivity index (χ4v) is 4.49. The molecule has 3 aromatic rings. The molecule has 0 atom stereocenters. The maximum Gasteiger partial charge on any atom is 0.341 e. The van der Waals surface area contributed by atoms with E-state index in [-0.39, 0.29) is 6.61 Å². The summed E-state index contributed by atoms with van der Waals surface area (Å²) >= 11 is 1.72. The third kappa shape index (κ3) is 6.89. The second-order valence-corrected chi connectivity index (χ2v) is 8.64. The van der Waals surface area contributed by atoms with Crippen LogP contribution in [0.3, 0.4) is 0 Å². The number of rotatable bonds is 12. The van der Waals surface area contributed by atoms with Gasteiger partial charge in [-0.05, 0) is 55.3 Å². The smallest absolute Gasteiger partial charge is 0.341 e. The van der Waals surface area contributed by atoms with E-state index in [0.29, 0.717) is 11.5 Å². The topological polar surface area (TPSA) is 71.9 Å². The van der Waals surface area contributed by atoms with Gasteiger partial charge in [0.1, 0.15) is 17.3 Å². The van der Waals surface area contributed by atoms with E-state index >= 15 is 0 Å². The van der Waals surface area contributed by atoms with Crippen LogP contribution in [0.1, 0.15) is 18.9 Å².